The summed E-state index contributed by atoms with van der Waals surface area (Å²) < 4.78 is 6.42. The Kier molecular flexibility index (Phi) is 5.92. The van der Waals surface area contributed by atoms with E-state index in [1.807, 2.05) is 24.3 Å². The highest BCUT2D eigenvalue weighted by molar-refractivity contribution is 8.01. The molecule has 0 spiro atoms. The zero-order valence-electron chi connectivity index (χ0n) is 13.4. The second-order valence-corrected chi connectivity index (χ2v) is 7.58. The van der Waals surface area contributed by atoms with Gasteiger partial charge in [0.2, 0.25) is 11.0 Å². The number of para-hydroxylation sites is 1. The summed E-state index contributed by atoms with van der Waals surface area (Å²) in [6.07, 6.45) is 1.83. The van der Waals surface area contributed by atoms with Crippen LogP contribution in [0.3, 0.4) is 0 Å². The lowest BCUT2D eigenvalue weighted by Crippen LogP contribution is -2.33. The van der Waals surface area contributed by atoms with Crippen LogP contribution >= 0.6 is 23.1 Å². The van der Waals surface area contributed by atoms with Crippen LogP contribution in [-0.4, -0.2) is 35.0 Å². The lowest BCUT2D eigenvalue weighted by molar-refractivity contribution is -0.119. The van der Waals surface area contributed by atoms with Gasteiger partial charge in [-0.05, 0) is 12.5 Å². The number of nitrogens with zero attached hydrogens (tertiary/aromatic N) is 2. The number of nitrogens with one attached hydrogen (secondary N) is 2. The lowest BCUT2D eigenvalue weighted by Gasteiger charge is -2.26. The molecule has 1 atom stereocenters. The highest BCUT2D eigenvalue weighted by atomic mass is 32.2. The summed E-state index contributed by atoms with van der Waals surface area (Å²) in [5.74, 6) is 1.19. The first-order valence-electron chi connectivity index (χ1n) is 7.97. The van der Waals surface area contributed by atoms with E-state index in [1.165, 1.54) is 23.1 Å². The zero-order valence-corrected chi connectivity index (χ0v) is 15.1. The number of hydrogen-bond donors (Lipinski definition) is 2. The largest absolute Gasteiger partial charge is 0.493 e. The Morgan fingerprint density at radius 2 is 2.29 bits per heavy atom. The van der Waals surface area contributed by atoms with Crippen molar-refractivity contribution in [3.05, 3.63) is 29.8 Å². The zero-order chi connectivity index (χ0) is 16.8. The van der Waals surface area contributed by atoms with Crippen LogP contribution < -0.4 is 15.4 Å². The molecule has 3 rings (SSSR count). The molecule has 2 heterocycles. The number of benzene rings is 1. The van der Waals surface area contributed by atoms with Gasteiger partial charge in [-0.1, -0.05) is 48.2 Å². The van der Waals surface area contributed by atoms with Crippen LogP contribution in [0.15, 0.2) is 28.6 Å². The monoisotopic (exact) mass is 364 g/mol. The predicted molar refractivity (Wildman–Crippen MR) is 96.9 cm³/mol. The number of thioether (sulfide) groups is 1. The summed E-state index contributed by atoms with van der Waals surface area (Å²) in [6.45, 7) is 3.60. The van der Waals surface area contributed by atoms with E-state index in [2.05, 4.69) is 27.8 Å². The van der Waals surface area contributed by atoms with Gasteiger partial charge in [-0.3, -0.25) is 4.79 Å². The number of anilines is 1. The van der Waals surface area contributed by atoms with Crippen LogP contribution in [0.5, 0.6) is 5.75 Å². The number of aromatic nitrogens is 2. The quantitative estimate of drug-likeness (QED) is 0.735. The summed E-state index contributed by atoms with van der Waals surface area (Å²) >= 11 is 2.89. The van der Waals surface area contributed by atoms with E-state index in [-0.39, 0.29) is 11.9 Å². The molecule has 1 aliphatic rings. The number of ether oxygens (including phenoxy) is 1. The Morgan fingerprint density at radius 1 is 1.42 bits per heavy atom. The van der Waals surface area contributed by atoms with Crippen LogP contribution in [0.2, 0.25) is 0 Å². The number of rotatable bonds is 7. The molecule has 0 saturated carbocycles. The highest BCUT2D eigenvalue weighted by Gasteiger charge is 2.22. The molecule has 6 nitrogen and oxygen atoms in total. The SMILES string of the molecule is CCCNc1nnc(SCC(=O)NC2CCOc3ccccc32)s1. The van der Waals surface area contributed by atoms with Gasteiger partial charge < -0.3 is 15.4 Å². The van der Waals surface area contributed by atoms with E-state index in [9.17, 15) is 4.79 Å². The van der Waals surface area contributed by atoms with Crippen molar-refractivity contribution < 1.29 is 9.53 Å². The molecular weight excluding hydrogens is 344 g/mol. The summed E-state index contributed by atoms with van der Waals surface area (Å²) in [5, 5.41) is 15.2. The molecule has 0 saturated heterocycles. The van der Waals surface area contributed by atoms with Crippen molar-refractivity contribution in [2.75, 3.05) is 24.2 Å². The van der Waals surface area contributed by atoms with E-state index < -0.39 is 0 Å². The molecule has 2 aromatic rings. The van der Waals surface area contributed by atoms with Crippen LogP contribution in [0.25, 0.3) is 0 Å². The molecule has 2 N–H and O–H groups in total. The molecule has 1 aromatic heterocycles. The minimum absolute atomic E-state index is 0.0000274. The summed E-state index contributed by atoms with van der Waals surface area (Å²) in [4.78, 5) is 12.2. The van der Waals surface area contributed by atoms with E-state index in [4.69, 9.17) is 4.74 Å². The fourth-order valence-electron chi connectivity index (χ4n) is 2.43. The van der Waals surface area contributed by atoms with Gasteiger partial charge in [-0.25, -0.2) is 0 Å². The van der Waals surface area contributed by atoms with Crippen molar-refractivity contribution in [2.45, 2.75) is 30.1 Å². The van der Waals surface area contributed by atoms with Crippen molar-refractivity contribution in [1.82, 2.24) is 15.5 Å². The van der Waals surface area contributed by atoms with E-state index in [0.717, 1.165) is 40.2 Å². The average Bonchev–Trinajstić information content (AvgIpc) is 3.06. The first kappa shape index (κ1) is 17.0. The van der Waals surface area contributed by atoms with Crippen molar-refractivity contribution in [3.63, 3.8) is 0 Å². The standard InChI is InChI=1S/C16H20N4O2S2/c1-2-8-17-15-19-20-16(24-15)23-10-14(21)18-12-7-9-22-13-6-4-3-5-11(12)13/h3-6,12H,2,7-10H2,1H3,(H,17,19)(H,18,21). The van der Waals surface area contributed by atoms with Crippen molar-refractivity contribution in [1.29, 1.82) is 0 Å². The van der Waals surface area contributed by atoms with Gasteiger partial charge in [0, 0.05) is 18.5 Å². The Bertz CT molecular complexity index is 692. The van der Waals surface area contributed by atoms with Crippen molar-refractivity contribution in [3.8, 4) is 5.75 Å². The van der Waals surface area contributed by atoms with E-state index in [0.29, 0.717) is 12.4 Å². The maximum Gasteiger partial charge on any atom is 0.230 e. The third-order valence-corrected chi connectivity index (χ3v) is 5.57. The molecule has 1 aliphatic heterocycles. The maximum atomic E-state index is 12.2. The molecule has 1 unspecified atom stereocenters. The van der Waals surface area contributed by atoms with Gasteiger partial charge >= 0.3 is 0 Å². The second-order valence-electron chi connectivity index (χ2n) is 5.38. The molecule has 24 heavy (non-hydrogen) atoms. The molecule has 1 amide bonds. The van der Waals surface area contributed by atoms with Gasteiger partial charge in [0.15, 0.2) is 4.34 Å². The van der Waals surface area contributed by atoms with Gasteiger partial charge in [0.1, 0.15) is 5.75 Å². The molecule has 1 aromatic carbocycles. The minimum Gasteiger partial charge on any atom is -0.493 e. The first-order valence-corrected chi connectivity index (χ1v) is 9.77. The molecule has 128 valence electrons. The van der Waals surface area contributed by atoms with Gasteiger partial charge in [-0.2, -0.15) is 0 Å². The number of hydrogen-bond acceptors (Lipinski definition) is 7. The molecule has 0 fully saturated rings. The number of amides is 1. The maximum absolute atomic E-state index is 12.2. The Labute approximate surface area is 149 Å². The number of carbonyl (C=O) groups excluding carboxylic acids is 1. The number of carbonyl (C=O) groups is 1. The average molecular weight is 364 g/mol. The molecular formula is C16H20N4O2S2. The molecule has 0 aliphatic carbocycles. The predicted octanol–water partition coefficient (Wildman–Crippen LogP) is 3.09. The third kappa shape index (κ3) is 4.39. The fourth-order valence-corrected chi connectivity index (χ4v) is 4.02. The number of fused-ring (bicyclic) bond motifs is 1. The Hall–Kier alpha value is -1.80. The lowest BCUT2D eigenvalue weighted by atomic mass is 10.0. The normalized spacial score (nSPS) is 16.1. The minimum atomic E-state index is -0.0000274. The third-order valence-electron chi connectivity index (χ3n) is 3.55. The van der Waals surface area contributed by atoms with E-state index in [1.54, 1.807) is 0 Å². The highest BCUT2D eigenvalue weighted by Crippen LogP contribution is 2.32. The fraction of sp³-hybridized carbons (Fsp3) is 0.438. The smallest absolute Gasteiger partial charge is 0.230 e. The van der Waals surface area contributed by atoms with Crippen molar-refractivity contribution in [2.24, 2.45) is 0 Å². The molecule has 0 radical (unpaired) electrons. The van der Waals surface area contributed by atoms with Crippen LogP contribution in [0.1, 0.15) is 31.4 Å². The Morgan fingerprint density at radius 3 is 3.17 bits per heavy atom. The van der Waals surface area contributed by atoms with Gasteiger partial charge in [-0.15, -0.1) is 10.2 Å². The summed E-state index contributed by atoms with van der Waals surface area (Å²) in [5.41, 5.74) is 1.05. The van der Waals surface area contributed by atoms with E-state index >= 15 is 0 Å². The van der Waals surface area contributed by atoms with Gasteiger partial charge in [0.25, 0.3) is 0 Å². The topological polar surface area (TPSA) is 76.1 Å². The first-order chi connectivity index (χ1) is 11.8. The second kappa shape index (κ2) is 8.34. The molecule has 0 bridgehead atoms. The van der Waals surface area contributed by atoms with Gasteiger partial charge in [0.05, 0.1) is 18.4 Å². The molecule has 8 heteroatoms. The van der Waals surface area contributed by atoms with Crippen molar-refractivity contribution >= 4 is 34.1 Å². The Balaban J connectivity index is 1.50. The van der Waals surface area contributed by atoms with Crippen LogP contribution in [0, 0.1) is 0 Å². The van der Waals surface area contributed by atoms with Crippen LogP contribution in [-0.2, 0) is 4.79 Å². The summed E-state index contributed by atoms with van der Waals surface area (Å²) in [6, 6.07) is 7.86. The summed E-state index contributed by atoms with van der Waals surface area (Å²) in [7, 11) is 0. The van der Waals surface area contributed by atoms with Crippen LogP contribution in [0.4, 0.5) is 5.13 Å².